The smallest absolute Gasteiger partial charge is 0.192 e. The van der Waals surface area contributed by atoms with Gasteiger partial charge in [-0.15, -0.1) is 0 Å². The molecule has 3 rings (SSSR count). The number of fused-ring (bicyclic) bond motifs is 1. The van der Waals surface area contributed by atoms with E-state index in [-0.39, 0.29) is 11.1 Å². The van der Waals surface area contributed by atoms with Crippen molar-refractivity contribution in [1.82, 2.24) is 9.78 Å². The summed E-state index contributed by atoms with van der Waals surface area (Å²) in [5, 5.41) is 4.47. The highest BCUT2D eigenvalue weighted by Crippen LogP contribution is 2.37. The van der Waals surface area contributed by atoms with E-state index in [0.29, 0.717) is 12.4 Å². The molecule has 0 fully saturated rings. The van der Waals surface area contributed by atoms with Crippen molar-refractivity contribution in [1.29, 1.82) is 0 Å². The fourth-order valence-corrected chi connectivity index (χ4v) is 3.58. The molecular weight excluding hydrogens is 318 g/mol. The van der Waals surface area contributed by atoms with Gasteiger partial charge in [-0.1, -0.05) is 20.8 Å². The summed E-state index contributed by atoms with van der Waals surface area (Å²) in [7, 11) is -1.74. The molecule has 0 saturated heterocycles. The molecule has 1 aliphatic heterocycles. The molecule has 2 heterocycles. The molecule has 0 radical (unpaired) electrons. The third-order valence-corrected chi connectivity index (χ3v) is 9.60. The molecule has 130 valence electrons. The van der Waals surface area contributed by atoms with E-state index in [0.717, 1.165) is 17.9 Å². The largest absolute Gasteiger partial charge is 0.487 e. The van der Waals surface area contributed by atoms with Gasteiger partial charge in [-0.05, 0) is 36.3 Å². The van der Waals surface area contributed by atoms with Gasteiger partial charge in [-0.2, -0.15) is 5.10 Å². The molecule has 1 atom stereocenters. The molecule has 6 heteroatoms. The molecule has 0 saturated carbocycles. The summed E-state index contributed by atoms with van der Waals surface area (Å²) < 4.78 is 14.1. The van der Waals surface area contributed by atoms with E-state index in [1.54, 1.807) is 10.7 Å². The Morgan fingerprint density at radius 2 is 2.08 bits per heavy atom. The molecule has 2 aromatic rings. The Hall–Kier alpha value is -1.79. The first-order chi connectivity index (χ1) is 11.2. The summed E-state index contributed by atoms with van der Waals surface area (Å²) in [6.07, 6.45) is 2.83. The molecule has 1 aromatic carbocycles. The molecular formula is C18H27N3O2Si. The molecule has 5 nitrogen and oxygen atoms in total. The Kier molecular flexibility index (Phi) is 4.21. The standard InChI is InChI=1S/C18H27N3O2Si/c1-18(2,3)24(4,5)22-12-15-11-13-10-14(6-7-16(13)23-15)21-9-8-17(19)20-21/h6-10,15H,11-12H2,1-5H3,(H2,19,20). The summed E-state index contributed by atoms with van der Waals surface area (Å²) in [6, 6.07) is 7.92. The number of anilines is 1. The van der Waals surface area contributed by atoms with Gasteiger partial charge in [0.1, 0.15) is 17.7 Å². The minimum Gasteiger partial charge on any atom is -0.487 e. The Morgan fingerprint density at radius 1 is 1.33 bits per heavy atom. The number of aromatic nitrogens is 2. The zero-order valence-electron chi connectivity index (χ0n) is 15.2. The third-order valence-electron chi connectivity index (χ3n) is 5.10. The van der Waals surface area contributed by atoms with Gasteiger partial charge in [0, 0.05) is 24.2 Å². The van der Waals surface area contributed by atoms with Crippen LogP contribution in [0.4, 0.5) is 5.82 Å². The van der Waals surface area contributed by atoms with Crippen LogP contribution in [0, 0.1) is 0 Å². The number of nitrogens with two attached hydrogens (primary N) is 1. The van der Waals surface area contributed by atoms with E-state index in [9.17, 15) is 0 Å². The number of hydrogen-bond donors (Lipinski definition) is 1. The van der Waals surface area contributed by atoms with Crippen LogP contribution in [-0.4, -0.2) is 30.8 Å². The minimum atomic E-state index is -1.74. The Morgan fingerprint density at radius 3 is 2.71 bits per heavy atom. The van der Waals surface area contributed by atoms with Crippen LogP contribution in [0.1, 0.15) is 26.3 Å². The van der Waals surface area contributed by atoms with Gasteiger partial charge in [-0.25, -0.2) is 4.68 Å². The highest BCUT2D eigenvalue weighted by atomic mass is 28.4. The van der Waals surface area contributed by atoms with Gasteiger partial charge in [0.05, 0.1) is 12.3 Å². The molecule has 0 spiro atoms. The first-order valence-electron chi connectivity index (χ1n) is 8.41. The summed E-state index contributed by atoms with van der Waals surface area (Å²) in [4.78, 5) is 0. The third kappa shape index (κ3) is 3.35. The number of nitrogens with zero attached hydrogens (tertiary/aromatic N) is 2. The number of rotatable bonds is 4. The first-order valence-corrected chi connectivity index (χ1v) is 11.3. The van der Waals surface area contributed by atoms with Crippen LogP contribution in [0.15, 0.2) is 30.5 Å². The van der Waals surface area contributed by atoms with E-state index < -0.39 is 8.32 Å². The van der Waals surface area contributed by atoms with Gasteiger partial charge < -0.3 is 14.9 Å². The van der Waals surface area contributed by atoms with Crippen molar-refractivity contribution in [3.63, 3.8) is 0 Å². The van der Waals surface area contributed by atoms with Crippen LogP contribution in [0.3, 0.4) is 0 Å². The second-order valence-corrected chi connectivity index (χ2v) is 12.8. The molecule has 0 bridgehead atoms. The Bertz CT molecular complexity index is 734. The van der Waals surface area contributed by atoms with Gasteiger partial charge >= 0.3 is 0 Å². The SMILES string of the molecule is CC(C)(C)[Si](C)(C)OCC1Cc2cc(-n3ccc(N)n3)ccc2O1. The van der Waals surface area contributed by atoms with Crippen molar-refractivity contribution in [2.24, 2.45) is 0 Å². The quantitative estimate of drug-likeness (QED) is 0.857. The van der Waals surface area contributed by atoms with Crippen molar-refractivity contribution in [3.8, 4) is 11.4 Å². The maximum absolute atomic E-state index is 6.31. The average Bonchev–Trinajstić information content (AvgIpc) is 3.08. The molecule has 1 aliphatic rings. The van der Waals surface area contributed by atoms with E-state index in [1.807, 2.05) is 18.3 Å². The number of hydrogen-bond acceptors (Lipinski definition) is 4. The van der Waals surface area contributed by atoms with Gasteiger partial charge in [0.25, 0.3) is 0 Å². The van der Waals surface area contributed by atoms with Gasteiger partial charge in [0.2, 0.25) is 0 Å². The average molecular weight is 346 g/mol. The molecule has 0 aliphatic carbocycles. The van der Waals surface area contributed by atoms with E-state index in [1.165, 1.54) is 5.56 Å². The Balaban J connectivity index is 1.67. The normalized spacial score (nSPS) is 17.6. The zero-order valence-corrected chi connectivity index (χ0v) is 16.2. The van der Waals surface area contributed by atoms with E-state index >= 15 is 0 Å². The summed E-state index contributed by atoms with van der Waals surface area (Å²) >= 11 is 0. The highest BCUT2D eigenvalue weighted by Gasteiger charge is 2.38. The van der Waals surface area contributed by atoms with Crippen LogP contribution in [0.2, 0.25) is 18.1 Å². The first kappa shape index (κ1) is 17.0. The molecule has 0 amide bonds. The monoisotopic (exact) mass is 345 g/mol. The van der Waals surface area contributed by atoms with Gasteiger partial charge in [-0.3, -0.25) is 0 Å². The lowest BCUT2D eigenvalue weighted by molar-refractivity contribution is 0.139. The maximum Gasteiger partial charge on any atom is 0.192 e. The lowest BCUT2D eigenvalue weighted by atomic mass is 10.1. The number of benzene rings is 1. The highest BCUT2D eigenvalue weighted by molar-refractivity contribution is 6.74. The van der Waals surface area contributed by atoms with E-state index in [2.05, 4.69) is 45.0 Å². The topological polar surface area (TPSA) is 62.3 Å². The molecule has 1 aromatic heterocycles. The molecule has 24 heavy (non-hydrogen) atoms. The fourth-order valence-electron chi connectivity index (χ4n) is 2.54. The minimum absolute atomic E-state index is 0.0899. The molecule has 2 N–H and O–H groups in total. The van der Waals surface area contributed by atoms with Crippen LogP contribution in [0.5, 0.6) is 5.75 Å². The fraction of sp³-hybridized carbons (Fsp3) is 0.500. The lowest BCUT2D eigenvalue weighted by Gasteiger charge is -2.36. The van der Waals surface area contributed by atoms with Crippen LogP contribution >= 0.6 is 0 Å². The zero-order chi connectivity index (χ0) is 17.5. The van der Waals surface area contributed by atoms with Gasteiger partial charge in [0.15, 0.2) is 8.32 Å². The van der Waals surface area contributed by atoms with Crippen LogP contribution in [-0.2, 0) is 10.8 Å². The Labute approximate surface area is 144 Å². The van der Waals surface area contributed by atoms with Crippen molar-refractivity contribution in [3.05, 3.63) is 36.0 Å². The van der Waals surface area contributed by atoms with Crippen molar-refractivity contribution >= 4 is 14.1 Å². The van der Waals surface area contributed by atoms with Crippen LogP contribution in [0.25, 0.3) is 5.69 Å². The summed E-state index contributed by atoms with van der Waals surface area (Å²) in [6.45, 7) is 12.0. The summed E-state index contributed by atoms with van der Waals surface area (Å²) in [5.74, 6) is 1.47. The van der Waals surface area contributed by atoms with Crippen LogP contribution < -0.4 is 10.5 Å². The molecule has 1 unspecified atom stereocenters. The van der Waals surface area contributed by atoms with Crippen molar-refractivity contribution in [2.45, 2.75) is 51.4 Å². The summed E-state index contributed by atoms with van der Waals surface area (Å²) in [5.41, 5.74) is 7.90. The predicted octanol–water partition coefficient (Wildman–Crippen LogP) is 3.78. The second-order valence-electron chi connectivity index (χ2n) is 7.99. The van der Waals surface area contributed by atoms with Crippen molar-refractivity contribution < 1.29 is 9.16 Å². The lowest BCUT2D eigenvalue weighted by Crippen LogP contribution is -2.43. The number of ether oxygens (including phenoxy) is 1. The predicted molar refractivity (Wildman–Crippen MR) is 99.2 cm³/mol. The second kappa shape index (κ2) is 5.93. The van der Waals surface area contributed by atoms with Crippen molar-refractivity contribution in [2.75, 3.05) is 12.3 Å². The van der Waals surface area contributed by atoms with E-state index in [4.69, 9.17) is 14.9 Å². The maximum atomic E-state index is 6.31. The number of nitrogen functional groups attached to an aromatic ring is 1.